The van der Waals surface area contributed by atoms with Crippen molar-refractivity contribution < 1.29 is 23.0 Å². The predicted molar refractivity (Wildman–Crippen MR) is 105 cm³/mol. The Kier molecular flexibility index (Phi) is 4.76. The molecule has 0 spiro atoms. The van der Waals surface area contributed by atoms with E-state index in [4.69, 9.17) is 28.0 Å². The van der Waals surface area contributed by atoms with Gasteiger partial charge < -0.3 is 23.0 Å². The van der Waals surface area contributed by atoms with E-state index in [1.165, 1.54) is 0 Å². The summed E-state index contributed by atoms with van der Waals surface area (Å²) in [7, 11) is 4.82. The summed E-state index contributed by atoms with van der Waals surface area (Å²) in [5, 5.41) is 0. The third-order valence-electron chi connectivity index (χ3n) is 4.38. The molecule has 28 heavy (non-hydrogen) atoms. The van der Waals surface area contributed by atoms with Crippen LogP contribution in [0.2, 0.25) is 0 Å². The first kappa shape index (κ1) is 17.7. The van der Waals surface area contributed by atoms with Crippen LogP contribution >= 0.6 is 0 Å². The van der Waals surface area contributed by atoms with Crippen LogP contribution in [0.1, 0.15) is 0 Å². The lowest BCUT2D eigenvalue weighted by Gasteiger charge is -2.16. The van der Waals surface area contributed by atoms with Crippen LogP contribution in [0.5, 0.6) is 17.2 Å². The molecule has 3 aromatic heterocycles. The molecule has 0 radical (unpaired) electrons. The normalized spacial score (nSPS) is 10.7. The van der Waals surface area contributed by atoms with E-state index in [9.17, 15) is 0 Å². The number of pyridine rings is 1. The molecule has 3 heterocycles. The van der Waals surface area contributed by atoms with Crippen molar-refractivity contribution in [1.82, 2.24) is 4.98 Å². The van der Waals surface area contributed by atoms with E-state index < -0.39 is 0 Å². The highest BCUT2D eigenvalue weighted by molar-refractivity contribution is 5.82. The first-order valence-electron chi connectivity index (χ1n) is 8.63. The summed E-state index contributed by atoms with van der Waals surface area (Å²) in [6.45, 7) is 0. The Bertz CT molecular complexity index is 991. The van der Waals surface area contributed by atoms with E-state index in [1.807, 2.05) is 48.5 Å². The summed E-state index contributed by atoms with van der Waals surface area (Å²) in [6.07, 6.45) is 3.23. The van der Waals surface area contributed by atoms with Crippen molar-refractivity contribution in [2.45, 2.75) is 0 Å². The van der Waals surface area contributed by atoms with Gasteiger partial charge in [0.1, 0.15) is 28.6 Å². The maximum atomic E-state index is 5.62. The second-order valence-electron chi connectivity index (χ2n) is 5.99. The number of aromatic nitrogens is 1. The van der Waals surface area contributed by atoms with Gasteiger partial charge in [-0.25, -0.2) is 4.98 Å². The summed E-state index contributed by atoms with van der Waals surface area (Å²) in [5.74, 6) is 3.20. The van der Waals surface area contributed by atoms with E-state index in [0.717, 1.165) is 11.1 Å². The van der Waals surface area contributed by atoms with Gasteiger partial charge >= 0.3 is 0 Å². The summed E-state index contributed by atoms with van der Waals surface area (Å²) in [6, 6.07) is 14.9. The Morgan fingerprint density at radius 3 is 1.64 bits per heavy atom. The Hall–Kier alpha value is -3.67. The SMILES string of the molecule is COc1cc(OC)c(-c2cc(-c3ccco3)nc(-c3ccco3)c2)c(OC)c1. The van der Waals surface area contributed by atoms with Crippen molar-refractivity contribution in [2.24, 2.45) is 0 Å². The summed E-state index contributed by atoms with van der Waals surface area (Å²) in [5.41, 5.74) is 2.99. The summed E-state index contributed by atoms with van der Waals surface area (Å²) in [4.78, 5) is 4.69. The molecule has 0 fully saturated rings. The van der Waals surface area contributed by atoms with E-state index in [2.05, 4.69) is 0 Å². The first-order chi connectivity index (χ1) is 13.7. The number of methoxy groups -OCH3 is 3. The Morgan fingerprint density at radius 2 is 1.25 bits per heavy atom. The molecule has 4 rings (SSSR count). The second kappa shape index (κ2) is 7.52. The van der Waals surface area contributed by atoms with Crippen LogP contribution in [0.3, 0.4) is 0 Å². The molecule has 0 saturated carbocycles. The third-order valence-corrected chi connectivity index (χ3v) is 4.38. The quantitative estimate of drug-likeness (QED) is 0.455. The van der Waals surface area contributed by atoms with E-state index in [0.29, 0.717) is 40.2 Å². The Balaban J connectivity index is 1.97. The molecule has 0 aliphatic rings. The van der Waals surface area contributed by atoms with Gasteiger partial charge in [0.2, 0.25) is 0 Å². The monoisotopic (exact) mass is 377 g/mol. The maximum absolute atomic E-state index is 5.62. The fraction of sp³-hybridized carbons (Fsp3) is 0.136. The number of benzene rings is 1. The first-order valence-corrected chi connectivity index (χ1v) is 8.63. The molecular weight excluding hydrogens is 358 g/mol. The zero-order valence-electron chi connectivity index (χ0n) is 15.8. The van der Waals surface area contributed by atoms with E-state index >= 15 is 0 Å². The number of rotatable bonds is 6. The number of hydrogen-bond donors (Lipinski definition) is 0. The maximum Gasteiger partial charge on any atom is 0.152 e. The van der Waals surface area contributed by atoms with Gasteiger partial charge in [-0.15, -0.1) is 0 Å². The molecule has 1 aromatic carbocycles. The van der Waals surface area contributed by atoms with Gasteiger partial charge in [0, 0.05) is 12.1 Å². The van der Waals surface area contributed by atoms with Crippen molar-refractivity contribution in [3.63, 3.8) is 0 Å². The Labute approximate surface area is 162 Å². The minimum Gasteiger partial charge on any atom is -0.496 e. The molecular formula is C22H19NO5. The van der Waals surface area contributed by atoms with Gasteiger partial charge in [0.25, 0.3) is 0 Å². The van der Waals surface area contributed by atoms with Crippen LogP contribution in [0.15, 0.2) is 69.9 Å². The van der Waals surface area contributed by atoms with Crippen LogP contribution in [-0.4, -0.2) is 26.3 Å². The van der Waals surface area contributed by atoms with Gasteiger partial charge in [0.15, 0.2) is 11.5 Å². The smallest absolute Gasteiger partial charge is 0.152 e. The van der Waals surface area contributed by atoms with Gasteiger partial charge in [-0.1, -0.05) is 0 Å². The molecule has 142 valence electrons. The second-order valence-corrected chi connectivity index (χ2v) is 5.99. The molecule has 0 unspecified atom stereocenters. The van der Waals surface area contributed by atoms with Gasteiger partial charge in [-0.05, 0) is 42.0 Å². The highest BCUT2D eigenvalue weighted by Crippen LogP contribution is 2.43. The number of ether oxygens (including phenoxy) is 3. The van der Waals surface area contributed by atoms with Crippen LogP contribution in [-0.2, 0) is 0 Å². The Morgan fingerprint density at radius 1 is 0.714 bits per heavy atom. The largest absolute Gasteiger partial charge is 0.496 e. The molecule has 4 aromatic rings. The number of furan rings is 2. The van der Waals surface area contributed by atoms with Gasteiger partial charge in [0.05, 0.1) is 39.4 Å². The van der Waals surface area contributed by atoms with Crippen LogP contribution < -0.4 is 14.2 Å². The summed E-state index contributed by atoms with van der Waals surface area (Å²) >= 11 is 0. The molecule has 0 aliphatic heterocycles. The minimum absolute atomic E-state index is 0.623. The highest BCUT2D eigenvalue weighted by atomic mass is 16.5. The molecule has 0 N–H and O–H groups in total. The van der Waals surface area contributed by atoms with E-state index in [-0.39, 0.29) is 0 Å². The standard InChI is InChI=1S/C22H19NO5/c1-24-15-12-20(25-2)22(21(13-15)26-3)14-10-16(18-6-4-8-27-18)23-17(11-14)19-7-5-9-28-19/h4-13H,1-3H3. The number of nitrogens with zero attached hydrogens (tertiary/aromatic N) is 1. The third kappa shape index (κ3) is 3.20. The van der Waals surface area contributed by atoms with Gasteiger partial charge in [-0.3, -0.25) is 0 Å². The van der Waals surface area contributed by atoms with Gasteiger partial charge in [-0.2, -0.15) is 0 Å². The predicted octanol–water partition coefficient (Wildman–Crippen LogP) is 5.29. The van der Waals surface area contributed by atoms with Crippen LogP contribution in [0, 0.1) is 0 Å². The molecule has 0 saturated heterocycles. The fourth-order valence-corrected chi connectivity index (χ4v) is 3.07. The fourth-order valence-electron chi connectivity index (χ4n) is 3.07. The van der Waals surface area contributed by atoms with Crippen molar-refractivity contribution >= 4 is 0 Å². The average molecular weight is 377 g/mol. The highest BCUT2D eigenvalue weighted by Gasteiger charge is 2.19. The zero-order valence-corrected chi connectivity index (χ0v) is 15.8. The minimum atomic E-state index is 0.623. The van der Waals surface area contributed by atoms with Crippen molar-refractivity contribution in [3.8, 4) is 51.3 Å². The van der Waals surface area contributed by atoms with Crippen LogP contribution in [0.4, 0.5) is 0 Å². The topological polar surface area (TPSA) is 66.9 Å². The molecule has 6 nitrogen and oxygen atoms in total. The molecule has 0 amide bonds. The molecule has 6 heteroatoms. The lowest BCUT2D eigenvalue weighted by Crippen LogP contribution is -1.97. The van der Waals surface area contributed by atoms with E-state index in [1.54, 1.807) is 33.9 Å². The zero-order chi connectivity index (χ0) is 19.5. The average Bonchev–Trinajstić information content (AvgIpc) is 3.46. The van der Waals surface area contributed by atoms with Crippen molar-refractivity contribution in [1.29, 1.82) is 0 Å². The lowest BCUT2D eigenvalue weighted by molar-refractivity contribution is 0.377. The van der Waals surface area contributed by atoms with Crippen LogP contribution in [0.25, 0.3) is 34.0 Å². The molecule has 0 atom stereocenters. The summed E-state index contributed by atoms with van der Waals surface area (Å²) < 4.78 is 27.7. The lowest BCUT2D eigenvalue weighted by atomic mass is 10.0. The van der Waals surface area contributed by atoms with Crippen molar-refractivity contribution in [3.05, 3.63) is 61.1 Å². The number of hydrogen-bond acceptors (Lipinski definition) is 6. The van der Waals surface area contributed by atoms with Crippen molar-refractivity contribution in [2.75, 3.05) is 21.3 Å². The molecule has 0 bridgehead atoms. The molecule has 0 aliphatic carbocycles.